The minimum absolute atomic E-state index is 0.0475. The highest BCUT2D eigenvalue weighted by molar-refractivity contribution is 5.85. The average Bonchev–Trinajstić information content (AvgIpc) is 2.83. The van der Waals surface area contributed by atoms with E-state index >= 15 is 0 Å². The first-order valence-electron chi connectivity index (χ1n) is 7.73. The van der Waals surface area contributed by atoms with Gasteiger partial charge in [-0.15, -0.1) is 0 Å². The molecule has 1 aliphatic heterocycles. The van der Waals surface area contributed by atoms with E-state index in [1.807, 2.05) is 0 Å². The van der Waals surface area contributed by atoms with Gasteiger partial charge < -0.3 is 15.3 Å². The van der Waals surface area contributed by atoms with Crippen molar-refractivity contribution in [1.82, 2.24) is 10.2 Å². The Morgan fingerprint density at radius 1 is 1.30 bits per heavy atom. The molecule has 0 aromatic heterocycles. The van der Waals surface area contributed by atoms with Gasteiger partial charge in [-0.25, -0.2) is 0 Å². The van der Waals surface area contributed by atoms with Crippen molar-refractivity contribution in [3.05, 3.63) is 0 Å². The summed E-state index contributed by atoms with van der Waals surface area (Å²) >= 11 is 0. The van der Waals surface area contributed by atoms with Crippen molar-refractivity contribution in [1.29, 1.82) is 0 Å². The summed E-state index contributed by atoms with van der Waals surface area (Å²) in [6.45, 7) is 4.01. The molecule has 0 aromatic rings. The Hall–Kier alpha value is -1.10. The van der Waals surface area contributed by atoms with Crippen LogP contribution < -0.4 is 5.32 Å². The summed E-state index contributed by atoms with van der Waals surface area (Å²) in [4.78, 5) is 26.0. The second kappa shape index (κ2) is 6.57. The van der Waals surface area contributed by atoms with Gasteiger partial charge in [0, 0.05) is 12.6 Å². The molecule has 1 saturated carbocycles. The van der Waals surface area contributed by atoms with Crippen molar-refractivity contribution >= 4 is 11.9 Å². The number of likely N-dealkylation sites (tertiary alicyclic amines) is 1. The maximum atomic E-state index is 12.4. The molecular weight excluding hydrogens is 256 g/mol. The van der Waals surface area contributed by atoms with Crippen molar-refractivity contribution in [2.24, 2.45) is 17.8 Å². The second-order valence-corrected chi connectivity index (χ2v) is 6.41. The molecule has 4 atom stereocenters. The summed E-state index contributed by atoms with van der Waals surface area (Å²) in [5, 5.41) is 12.4. The zero-order chi connectivity index (χ0) is 14.7. The Morgan fingerprint density at radius 3 is 2.60 bits per heavy atom. The molecule has 2 rings (SSSR count). The lowest BCUT2D eigenvalue weighted by atomic mass is 9.94. The summed E-state index contributed by atoms with van der Waals surface area (Å²) in [7, 11) is 2.06. The van der Waals surface area contributed by atoms with Gasteiger partial charge in [-0.3, -0.25) is 9.59 Å². The lowest BCUT2D eigenvalue weighted by Crippen LogP contribution is -2.48. The maximum Gasteiger partial charge on any atom is 0.307 e. The van der Waals surface area contributed by atoms with Crippen LogP contribution in [0.4, 0.5) is 0 Å². The third-order valence-corrected chi connectivity index (χ3v) is 4.86. The number of likely N-dealkylation sites (N-methyl/N-ethyl adjacent to an activating group) is 1. The number of nitrogens with one attached hydrogen (secondary N) is 1. The Bertz CT molecular complexity index is 372. The third-order valence-electron chi connectivity index (χ3n) is 4.86. The molecule has 5 nitrogen and oxygen atoms in total. The largest absolute Gasteiger partial charge is 0.481 e. The van der Waals surface area contributed by atoms with Gasteiger partial charge in [0.15, 0.2) is 0 Å². The van der Waals surface area contributed by atoms with Crippen LogP contribution in [0, 0.1) is 17.8 Å². The summed E-state index contributed by atoms with van der Waals surface area (Å²) in [5.41, 5.74) is 0. The lowest BCUT2D eigenvalue weighted by Gasteiger charge is -2.31. The number of carbonyl (C=O) groups is 2. The number of carboxylic acids is 1. The van der Waals surface area contributed by atoms with E-state index in [2.05, 4.69) is 24.2 Å². The van der Waals surface area contributed by atoms with Crippen molar-refractivity contribution in [2.45, 2.75) is 45.1 Å². The van der Waals surface area contributed by atoms with Crippen LogP contribution in [0.1, 0.15) is 39.0 Å². The number of rotatable bonds is 4. The van der Waals surface area contributed by atoms with Crippen LogP contribution in [0.5, 0.6) is 0 Å². The molecule has 114 valence electrons. The Kier molecular flexibility index (Phi) is 5.02. The molecule has 0 spiro atoms. The number of nitrogens with zero attached hydrogens (tertiary/aromatic N) is 1. The Balaban J connectivity index is 1.94. The van der Waals surface area contributed by atoms with Crippen LogP contribution in [-0.4, -0.2) is 48.1 Å². The quantitative estimate of drug-likeness (QED) is 0.816. The molecule has 2 aliphatic rings. The first-order valence-corrected chi connectivity index (χ1v) is 7.73. The highest BCUT2D eigenvalue weighted by Gasteiger charge is 2.42. The lowest BCUT2D eigenvalue weighted by molar-refractivity contribution is -0.146. The van der Waals surface area contributed by atoms with E-state index in [-0.39, 0.29) is 17.9 Å². The van der Waals surface area contributed by atoms with E-state index in [1.54, 1.807) is 0 Å². The first-order chi connectivity index (χ1) is 9.51. The number of amides is 1. The van der Waals surface area contributed by atoms with E-state index in [0.29, 0.717) is 12.3 Å². The van der Waals surface area contributed by atoms with Gasteiger partial charge in [-0.1, -0.05) is 13.3 Å². The Labute approximate surface area is 120 Å². The van der Waals surface area contributed by atoms with E-state index < -0.39 is 11.9 Å². The van der Waals surface area contributed by atoms with Crippen molar-refractivity contribution in [2.75, 3.05) is 20.1 Å². The van der Waals surface area contributed by atoms with Gasteiger partial charge in [-0.05, 0) is 45.2 Å². The average molecular weight is 282 g/mol. The molecule has 5 heteroatoms. The van der Waals surface area contributed by atoms with E-state index in [1.165, 1.54) is 0 Å². The zero-order valence-electron chi connectivity index (χ0n) is 12.5. The Morgan fingerprint density at radius 2 is 2.00 bits per heavy atom. The topological polar surface area (TPSA) is 69.6 Å². The van der Waals surface area contributed by atoms with Gasteiger partial charge in [-0.2, -0.15) is 0 Å². The maximum absolute atomic E-state index is 12.4. The van der Waals surface area contributed by atoms with E-state index in [4.69, 9.17) is 0 Å². The number of piperidine rings is 1. The van der Waals surface area contributed by atoms with E-state index in [0.717, 1.165) is 38.8 Å². The molecule has 1 aliphatic carbocycles. The number of carboxylic acid groups (broad SMARTS) is 1. The van der Waals surface area contributed by atoms with Gasteiger partial charge >= 0.3 is 5.97 Å². The SMILES string of the molecule is CCC1C[C@H](C(=O)NC2CCCN(C)C2)[C@H](C(=O)O)C1. The van der Waals surface area contributed by atoms with Crippen LogP contribution in [0.15, 0.2) is 0 Å². The fourth-order valence-electron chi connectivity index (χ4n) is 3.63. The van der Waals surface area contributed by atoms with Gasteiger partial charge in [0.05, 0.1) is 11.8 Å². The van der Waals surface area contributed by atoms with Crippen LogP contribution in [0.25, 0.3) is 0 Å². The summed E-state index contributed by atoms with van der Waals surface area (Å²) in [6.07, 6.45) is 4.42. The standard InChI is InChI=1S/C15H26N2O3/c1-3-10-7-12(13(8-10)15(19)20)14(18)16-11-5-4-6-17(2)9-11/h10-13H,3-9H2,1-2H3,(H,16,18)(H,19,20)/t10?,11?,12-,13+/m0/s1. The zero-order valence-corrected chi connectivity index (χ0v) is 12.5. The summed E-state index contributed by atoms with van der Waals surface area (Å²) < 4.78 is 0. The van der Waals surface area contributed by atoms with Gasteiger partial charge in [0.2, 0.25) is 5.91 Å². The predicted octanol–water partition coefficient (Wildman–Crippen LogP) is 1.33. The van der Waals surface area contributed by atoms with Crippen molar-refractivity contribution in [3.8, 4) is 0 Å². The molecule has 1 saturated heterocycles. The fraction of sp³-hybridized carbons (Fsp3) is 0.867. The molecule has 2 N–H and O–H groups in total. The van der Waals surface area contributed by atoms with Crippen LogP contribution in [0.2, 0.25) is 0 Å². The fourth-order valence-corrected chi connectivity index (χ4v) is 3.63. The second-order valence-electron chi connectivity index (χ2n) is 6.41. The summed E-state index contributed by atoms with van der Waals surface area (Å²) in [6, 6.07) is 0.177. The van der Waals surface area contributed by atoms with Gasteiger partial charge in [0.25, 0.3) is 0 Å². The molecule has 2 fully saturated rings. The minimum atomic E-state index is -0.818. The van der Waals surface area contributed by atoms with Crippen molar-refractivity contribution in [3.63, 3.8) is 0 Å². The number of carbonyl (C=O) groups excluding carboxylic acids is 1. The van der Waals surface area contributed by atoms with E-state index in [9.17, 15) is 14.7 Å². The number of hydrogen-bond acceptors (Lipinski definition) is 3. The minimum Gasteiger partial charge on any atom is -0.481 e. The van der Waals surface area contributed by atoms with Crippen LogP contribution in [0.3, 0.4) is 0 Å². The molecular formula is C15H26N2O3. The molecule has 20 heavy (non-hydrogen) atoms. The molecule has 0 bridgehead atoms. The molecule has 1 amide bonds. The first kappa shape index (κ1) is 15.3. The molecule has 0 aromatic carbocycles. The predicted molar refractivity (Wildman–Crippen MR) is 76.3 cm³/mol. The normalized spacial score (nSPS) is 34.9. The smallest absolute Gasteiger partial charge is 0.307 e. The monoisotopic (exact) mass is 282 g/mol. The third kappa shape index (κ3) is 3.51. The highest BCUT2D eigenvalue weighted by Crippen LogP contribution is 2.38. The molecule has 1 heterocycles. The van der Waals surface area contributed by atoms with Gasteiger partial charge in [0.1, 0.15) is 0 Å². The van der Waals surface area contributed by atoms with Crippen molar-refractivity contribution < 1.29 is 14.7 Å². The van der Waals surface area contributed by atoms with Crippen LogP contribution >= 0.6 is 0 Å². The number of aliphatic carboxylic acids is 1. The summed E-state index contributed by atoms with van der Waals surface area (Å²) in [5.74, 6) is -1.33. The van der Waals surface area contributed by atoms with Crippen LogP contribution in [-0.2, 0) is 9.59 Å². The highest BCUT2D eigenvalue weighted by atomic mass is 16.4. The number of hydrogen-bond donors (Lipinski definition) is 2. The molecule has 2 unspecified atom stereocenters. The molecule has 0 radical (unpaired) electrons.